The van der Waals surface area contributed by atoms with Gasteiger partial charge in [0.05, 0.1) is 30.0 Å². The monoisotopic (exact) mass is 391 g/mol. The minimum atomic E-state index is -3.52. The molecule has 0 bridgehead atoms. The lowest BCUT2D eigenvalue weighted by Crippen LogP contribution is -2.31. The maximum atomic E-state index is 12.8. The van der Waals surface area contributed by atoms with Crippen LogP contribution in [0.2, 0.25) is 0 Å². The van der Waals surface area contributed by atoms with Crippen molar-refractivity contribution in [2.24, 2.45) is 0 Å². The van der Waals surface area contributed by atoms with Crippen LogP contribution in [0.5, 0.6) is 5.75 Å². The second-order valence-corrected chi connectivity index (χ2v) is 8.13. The number of carbonyl (C=O) groups excluding carboxylic acids is 1. The molecule has 0 spiro atoms. The molecule has 8 heteroatoms. The summed E-state index contributed by atoms with van der Waals surface area (Å²) in [5.41, 5.74) is 1.52. The molecule has 144 valence electrons. The second-order valence-electron chi connectivity index (χ2n) is 6.11. The highest BCUT2D eigenvalue weighted by atomic mass is 32.2. The Morgan fingerprint density at radius 2 is 1.85 bits per heavy atom. The standard InChI is InChI=1S/C19H21NO6S/c1-12-6-4-5-7-14(12)16(11-18(21)22)20-19(23)15-10-13(27(3,24)25)8-9-17(15)26-2/h4-10,16H,11H2,1-3H3,(H,20,23)(H,21,22). The summed E-state index contributed by atoms with van der Waals surface area (Å²) in [6.07, 6.45) is 0.724. The van der Waals surface area contributed by atoms with Crippen LogP contribution in [0.4, 0.5) is 0 Å². The quantitative estimate of drug-likeness (QED) is 0.750. The van der Waals surface area contributed by atoms with Crippen molar-refractivity contribution in [1.82, 2.24) is 5.32 Å². The number of ether oxygens (including phenoxy) is 1. The minimum Gasteiger partial charge on any atom is -0.496 e. The molecule has 0 fully saturated rings. The molecule has 7 nitrogen and oxygen atoms in total. The van der Waals surface area contributed by atoms with Crippen LogP contribution in [0.25, 0.3) is 0 Å². The molecule has 27 heavy (non-hydrogen) atoms. The number of hydrogen-bond acceptors (Lipinski definition) is 5. The summed E-state index contributed by atoms with van der Waals surface area (Å²) in [5, 5.41) is 11.9. The Labute approximate surface area is 157 Å². The molecule has 2 aromatic carbocycles. The van der Waals surface area contributed by atoms with Gasteiger partial charge in [0.15, 0.2) is 9.84 Å². The third kappa shape index (κ3) is 5.07. The molecular formula is C19H21NO6S. The summed E-state index contributed by atoms with van der Waals surface area (Å²) in [5.74, 6) is -1.49. The summed E-state index contributed by atoms with van der Waals surface area (Å²) in [7, 11) is -2.16. The van der Waals surface area contributed by atoms with Crippen molar-refractivity contribution in [3.63, 3.8) is 0 Å². The van der Waals surface area contributed by atoms with Crippen molar-refractivity contribution in [3.05, 3.63) is 59.2 Å². The fourth-order valence-corrected chi connectivity index (χ4v) is 3.37. The van der Waals surface area contributed by atoms with E-state index >= 15 is 0 Å². The minimum absolute atomic E-state index is 0.0180. The van der Waals surface area contributed by atoms with Gasteiger partial charge in [-0.3, -0.25) is 9.59 Å². The van der Waals surface area contributed by atoms with Gasteiger partial charge in [0.1, 0.15) is 5.75 Å². The van der Waals surface area contributed by atoms with Crippen molar-refractivity contribution in [2.75, 3.05) is 13.4 Å². The van der Waals surface area contributed by atoms with Gasteiger partial charge in [0.25, 0.3) is 5.91 Å². The van der Waals surface area contributed by atoms with Crippen LogP contribution in [-0.4, -0.2) is 38.8 Å². The van der Waals surface area contributed by atoms with Crippen molar-refractivity contribution < 1.29 is 27.9 Å². The molecule has 1 amide bonds. The normalized spacial score (nSPS) is 12.3. The van der Waals surface area contributed by atoms with Crippen molar-refractivity contribution in [2.45, 2.75) is 24.3 Å². The third-order valence-electron chi connectivity index (χ3n) is 4.09. The summed E-state index contributed by atoms with van der Waals surface area (Å²) < 4.78 is 28.7. The highest BCUT2D eigenvalue weighted by Crippen LogP contribution is 2.25. The average Bonchev–Trinajstić information content (AvgIpc) is 2.59. The summed E-state index contributed by atoms with van der Waals surface area (Å²) in [4.78, 5) is 24.0. The Morgan fingerprint density at radius 1 is 1.19 bits per heavy atom. The van der Waals surface area contributed by atoms with Gasteiger partial charge in [-0.1, -0.05) is 24.3 Å². The number of methoxy groups -OCH3 is 1. The predicted molar refractivity (Wildman–Crippen MR) is 99.7 cm³/mol. The van der Waals surface area contributed by atoms with Crippen LogP contribution in [0.15, 0.2) is 47.4 Å². The van der Waals surface area contributed by atoms with E-state index in [1.807, 2.05) is 19.1 Å². The molecule has 2 N–H and O–H groups in total. The molecule has 1 unspecified atom stereocenters. The number of aryl methyl sites for hydroxylation is 1. The lowest BCUT2D eigenvalue weighted by atomic mass is 9.98. The van der Waals surface area contributed by atoms with E-state index in [-0.39, 0.29) is 22.6 Å². The molecule has 0 saturated heterocycles. The van der Waals surface area contributed by atoms with Gasteiger partial charge < -0.3 is 15.2 Å². The van der Waals surface area contributed by atoms with Gasteiger partial charge in [0.2, 0.25) is 0 Å². The molecule has 0 heterocycles. The smallest absolute Gasteiger partial charge is 0.305 e. The Morgan fingerprint density at radius 3 is 2.41 bits per heavy atom. The molecule has 2 rings (SSSR count). The number of benzene rings is 2. The number of nitrogens with one attached hydrogen (secondary N) is 1. The van der Waals surface area contributed by atoms with Crippen LogP contribution in [0, 0.1) is 6.92 Å². The lowest BCUT2D eigenvalue weighted by Gasteiger charge is -2.20. The van der Waals surface area contributed by atoms with E-state index < -0.39 is 27.8 Å². The van der Waals surface area contributed by atoms with E-state index in [0.29, 0.717) is 5.56 Å². The first-order chi connectivity index (χ1) is 12.6. The molecule has 0 radical (unpaired) electrons. The fraction of sp³-hybridized carbons (Fsp3) is 0.263. The highest BCUT2D eigenvalue weighted by molar-refractivity contribution is 7.90. The van der Waals surface area contributed by atoms with E-state index in [1.54, 1.807) is 12.1 Å². The molecule has 2 aromatic rings. The third-order valence-corrected chi connectivity index (χ3v) is 5.20. The molecule has 1 atom stereocenters. The lowest BCUT2D eigenvalue weighted by molar-refractivity contribution is -0.137. The number of carboxylic acids is 1. The van der Waals surface area contributed by atoms with Gasteiger partial charge >= 0.3 is 5.97 Å². The largest absolute Gasteiger partial charge is 0.496 e. The number of sulfone groups is 1. The molecular weight excluding hydrogens is 370 g/mol. The molecule has 0 saturated carbocycles. The SMILES string of the molecule is COc1ccc(S(C)(=O)=O)cc1C(=O)NC(CC(=O)O)c1ccccc1C. The van der Waals surface area contributed by atoms with Crippen molar-refractivity contribution >= 4 is 21.7 Å². The van der Waals surface area contributed by atoms with Crippen LogP contribution in [0.1, 0.15) is 33.9 Å². The van der Waals surface area contributed by atoms with Gasteiger partial charge in [-0.05, 0) is 36.2 Å². The number of carboxylic acid groups (broad SMARTS) is 1. The van der Waals surface area contributed by atoms with Crippen LogP contribution in [0.3, 0.4) is 0 Å². The molecule has 0 aromatic heterocycles. The zero-order valence-electron chi connectivity index (χ0n) is 15.2. The van der Waals surface area contributed by atoms with E-state index in [1.165, 1.54) is 25.3 Å². The van der Waals surface area contributed by atoms with Gasteiger partial charge in [0, 0.05) is 6.26 Å². The summed E-state index contributed by atoms with van der Waals surface area (Å²) in [6, 6.07) is 10.3. The Balaban J connectivity index is 2.43. The number of amides is 1. The van der Waals surface area contributed by atoms with Crippen molar-refractivity contribution in [3.8, 4) is 5.75 Å². The Bertz CT molecular complexity index is 968. The van der Waals surface area contributed by atoms with Crippen LogP contribution < -0.4 is 10.1 Å². The van der Waals surface area contributed by atoms with Crippen LogP contribution in [-0.2, 0) is 14.6 Å². The Kier molecular flexibility index (Phi) is 6.22. The first-order valence-electron chi connectivity index (χ1n) is 8.09. The fourth-order valence-electron chi connectivity index (χ4n) is 2.72. The average molecular weight is 391 g/mol. The predicted octanol–water partition coefficient (Wildman–Crippen LogP) is 2.35. The molecule has 0 aliphatic heterocycles. The second kappa shape index (κ2) is 8.22. The molecule has 0 aliphatic rings. The van der Waals surface area contributed by atoms with Crippen LogP contribution >= 0.6 is 0 Å². The number of carbonyl (C=O) groups is 2. The topological polar surface area (TPSA) is 110 Å². The maximum absolute atomic E-state index is 12.8. The maximum Gasteiger partial charge on any atom is 0.305 e. The van der Waals surface area contributed by atoms with E-state index in [0.717, 1.165) is 11.8 Å². The summed E-state index contributed by atoms with van der Waals surface area (Å²) >= 11 is 0. The molecule has 0 aliphatic carbocycles. The van der Waals surface area contributed by atoms with E-state index in [4.69, 9.17) is 4.74 Å². The zero-order valence-corrected chi connectivity index (χ0v) is 16.0. The van der Waals surface area contributed by atoms with Gasteiger partial charge in [-0.15, -0.1) is 0 Å². The first-order valence-corrected chi connectivity index (χ1v) is 9.99. The number of hydrogen-bond donors (Lipinski definition) is 2. The number of aliphatic carboxylic acids is 1. The zero-order chi connectivity index (χ0) is 20.2. The van der Waals surface area contributed by atoms with E-state index in [9.17, 15) is 23.1 Å². The van der Waals surface area contributed by atoms with Crippen molar-refractivity contribution in [1.29, 1.82) is 0 Å². The Hall–Kier alpha value is -2.87. The van der Waals surface area contributed by atoms with Gasteiger partial charge in [-0.25, -0.2) is 8.42 Å². The first kappa shape index (κ1) is 20.4. The summed E-state index contributed by atoms with van der Waals surface area (Å²) in [6.45, 7) is 1.82. The van der Waals surface area contributed by atoms with E-state index in [2.05, 4.69) is 5.32 Å². The highest BCUT2D eigenvalue weighted by Gasteiger charge is 2.23. The van der Waals surface area contributed by atoms with Gasteiger partial charge in [-0.2, -0.15) is 0 Å². The number of rotatable bonds is 7.